The standard InChI is InChI=1S/C15H21NO/c1-17-13-7-6-11-4-2-5-12(11)14(13)15(10-16)8-3-9-15/h6-7H,2-5,8-10,16H2,1H3. The highest BCUT2D eigenvalue weighted by atomic mass is 16.5. The molecule has 0 bridgehead atoms. The first kappa shape index (κ1) is 11.1. The molecule has 0 unspecified atom stereocenters. The lowest BCUT2D eigenvalue weighted by Crippen LogP contribution is -2.42. The normalized spacial score (nSPS) is 20.8. The topological polar surface area (TPSA) is 35.2 Å². The molecule has 2 heteroatoms. The van der Waals surface area contributed by atoms with Crippen LogP contribution in [0.3, 0.4) is 0 Å². The molecule has 2 aliphatic rings. The van der Waals surface area contributed by atoms with E-state index in [0.29, 0.717) is 0 Å². The number of rotatable bonds is 3. The maximum absolute atomic E-state index is 6.06. The third-order valence-corrected chi connectivity index (χ3v) is 4.70. The number of nitrogens with two attached hydrogens (primary N) is 1. The van der Waals surface area contributed by atoms with Gasteiger partial charge in [0.15, 0.2) is 0 Å². The average molecular weight is 231 g/mol. The van der Waals surface area contributed by atoms with Crippen LogP contribution in [0.25, 0.3) is 0 Å². The monoisotopic (exact) mass is 231 g/mol. The molecular weight excluding hydrogens is 210 g/mol. The first-order valence-corrected chi connectivity index (χ1v) is 6.70. The molecule has 0 radical (unpaired) electrons. The van der Waals surface area contributed by atoms with Crippen molar-refractivity contribution in [3.63, 3.8) is 0 Å². The Kier molecular flexibility index (Phi) is 2.62. The fraction of sp³-hybridized carbons (Fsp3) is 0.600. The summed E-state index contributed by atoms with van der Waals surface area (Å²) in [6.07, 6.45) is 7.50. The van der Waals surface area contributed by atoms with Crippen molar-refractivity contribution in [2.24, 2.45) is 5.73 Å². The second kappa shape index (κ2) is 4.02. The Labute approximate surface area is 103 Å². The Hall–Kier alpha value is -1.02. The van der Waals surface area contributed by atoms with Crippen LogP contribution in [-0.2, 0) is 18.3 Å². The molecule has 2 nitrogen and oxygen atoms in total. The first-order valence-electron chi connectivity index (χ1n) is 6.70. The Morgan fingerprint density at radius 3 is 2.65 bits per heavy atom. The Morgan fingerprint density at radius 2 is 2.06 bits per heavy atom. The number of hydrogen-bond acceptors (Lipinski definition) is 2. The minimum absolute atomic E-state index is 0.223. The number of hydrogen-bond donors (Lipinski definition) is 1. The van der Waals surface area contributed by atoms with Crippen molar-refractivity contribution in [3.8, 4) is 5.75 Å². The van der Waals surface area contributed by atoms with Crippen molar-refractivity contribution < 1.29 is 4.74 Å². The van der Waals surface area contributed by atoms with Gasteiger partial charge in [-0.1, -0.05) is 12.5 Å². The van der Waals surface area contributed by atoms with E-state index in [1.165, 1.54) is 49.7 Å². The van der Waals surface area contributed by atoms with E-state index in [-0.39, 0.29) is 5.41 Å². The van der Waals surface area contributed by atoms with E-state index in [0.717, 1.165) is 12.3 Å². The number of ether oxygens (including phenoxy) is 1. The van der Waals surface area contributed by atoms with Gasteiger partial charge in [-0.05, 0) is 49.3 Å². The van der Waals surface area contributed by atoms with Crippen molar-refractivity contribution in [2.45, 2.75) is 43.9 Å². The summed E-state index contributed by atoms with van der Waals surface area (Å²) < 4.78 is 5.60. The molecule has 0 aliphatic heterocycles. The van der Waals surface area contributed by atoms with Crippen LogP contribution >= 0.6 is 0 Å². The van der Waals surface area contributed by atoms with Gasteiger partial charge in [0, 0.05) is 17.5 Å². The van der Waals surface area contributed by atoms with Gasteiger partial charge in [0.05, 0.1) is 7.11 Å². The summed E-state index contributed by atoms with van der Waals surface area (Å²) in [5.41, 5.74) is 10.8. The maximum Gasteiger partial charge on any atom is 0.122 e. The van der Waals surface area contributed by atoms with Crippen molar-refractivity contribution >= 4 is 0 Å². The minimum atomic E-state index is 0.223. The highest BCUT2D eigenvalue weighted by molar-refractivity contribution is 5.52. The number of benzene rings is 1. The predicted octanol–water partition coefficient (Wildman–Crippen LogP) is 2.56. The van der Waals surface area contributed by atoms with Gasteiger partial charge in [-0.3, -0.25) is 0 Å². The van der Waals surface area contributed by atoms with Crippen LogP contribution < -0.4 is 10.5 Å². The number of aryl methyl sites for hydroxylation is 1. The summed E-state index contributed by atoms with van der Waals surface area (Å²) in [6.45, 7) is 0.764. The Balaban J connectivity index is 2.16. The lowest BCUT2D eigenvalue weighted by atomic mass is 9.63. The van der Waals surface area contributed by atoms with Crippen molar-refractivity contribution in [2.75, 3.05) is 13.7 Å². The molecule has 1 aromatic carbocycles. The largest absolute Gasteiger partial charge is 0.496 e. The molecule has 0 spiro atoms. The molecule has 92 valence electrons. The van der Waals surface area contributed by atoms with Crippen LogP contribution in [-0.4, -0.2) is 13.7 Å². The highest BCUT2D eigenvalue weighted by Crippen LogP contribution is 2.49. The van der Waals surface area contributed by atoms with Gasteiger partial charge in [-0.25, -0.2) is 0 Å². The van der Waals surface area contributed by atoms with Gasteiger partial charge in [-0.15, -0.1) is 0 Å². The summed E-state index contributed by atoms with van der Waals surface area (Å²) in [6, 6.07) is 4.39. The van der Waals surface area contributed by atoms with E-state index < -0.39 is 0 Å². The van der Waals surface area contributed by atoms with Gasteiger partial charge in [-0.2, -0.15) is 0 Å². The minimum Gasteiger partial charge on any atom is -0.496 e. The van der Waals surface area contributed by atoms with E-state index >= 15 is 0 Å². The molecule has 1 aromatic rings. The van der Waals surface area contributed by atoms with Gasteiger partial charge in [0.1, 0.15) is 5.75 Å². The third-order valence-electron chi connectivity index (χ3n) is 4.70. The fourth-order valence-electron chi connectivity index (χ4n) is 3.56. The van der Waals surface area contributed by atoms with E-state index in [9.17, 15) is 0 Å². The molecule has 1 fully saturated rings. The quantitative estimate of drug-likeness (QED) is 0.867. The zero-order valence-electron chi connectivity index (χ0n) is 10.6. The SMILES string of the molecule is COc1ccc2c(c1C1(CN)CCC1)CCC2. The van der Waals surface area contributed by atoms with Crippen LogP contribution in [0.1, 0.15) is 42.4 Å². The van der Waals surface area contributed by atoms with Crippen molar-refractivity contribution in [1.82, 2.24) is 0 Å². The second-order valence-electron chi connectivity index (χ2n) is 5.47. The molecule has 0 amide bonds. The van der Waals surface area contributed by atoms with Crippen LogP contribution in [0.4, 0.5) is 0 Å². The summed E-state index contributed by atoms with van der Waals surface area (Å²) in [4.78, 5) is 0. The van der Waals surface area contributed by atoms with E-state index in [1.807, 2.05) is 0 Å². The smallest absolute Gasteiger partial charge is 0.122 e. The van der Waals surface area contributed by atoms with Crippen LogP contribution in [0, 0.1) is 0 Å². The van der Waals surface area contributed by atoms with Crippen molar-refractivity contribution in [3.05, 3.63) is 28.8 Å². The second-order valence-corrected chi connectivity index (χ2v) is 5.47. The summed E-state index contributed by atoms with van der Waals surface area (Å²) in [7, 11) is 1.78. The molecule has 2 aliphatic carbocycles. The molecule has 2 N–H and O–H groups in total. The third kappa shape index (κ3) is 1.50. The van der Waals surface area contributed by atoms with Gasteiger partial charge < -0.3 is 10.5 Å². The highest BCUT2D eigenvalue weighted by Gasteiger charge is 2.42. The maximum atomic E-state index is 6.06. The Morgan fingerprint density at radius 1 is 1.24 bits per heavy atom. The summed E-state index contributed by atoms with van der Waals surface area (Å²) in [5.74, 6) is 1.07. The lowest BCUT2D eigenvalue weighted by molar-refractivity contribution is 0.242. The van der Waals surface area contributed by atoms with E-state index in [1.54, 1.807) is 12.7 Å². The van der Waals surface area contributed by atoms with Crippen LogP contribution in [0.15, 0.2) is 12.1 Å². The van der Waals surface area contributed by atoms with Gasteiger partial charge >= 0.3 is 0 Å². The molecule has 0 aromatic heterocycles. The number of fused-ring (bicyclic) bond motifs is 1. The van der Waals surface area contributed by atoms with Gasteiger partial charge in [0.25, 0.3) is 0 Å². The van der Waals surface area contributed by atoms with E-state index in [4.69, 9.17) is 10.5 Å². The van der Waals surface area contributed by atoms with Crippen LogP contribution in [0.5, 0.6) is 5.75 Å². The number of methoxy groups -OCH3 is 1. The van der Waals surface area contributed by atoms with Crippen LogP contribution in [0.2, 0.25) is 0 Å². The van der Waals surface area contributed by atoms with Crippen molar-refractivity contribution in [1.29, 1.82) is 0 Å². The zero-order valence-corrected chi connectivity index (χ0v) is 10.6. The lowest BCUT2D eigenvalue weighted by Gasteiger charge is -2.43. The fourth-order valence-corrected chi connectivity index (χ4v) is 3.56. The first-order chi connectivity index (χ1) is 8.30. The average Bonchev–Trinajstić information content (AvgIpc) is 2.76. The zero-order chi connectivity index (χ0) is 11.9. The Bertz CT molecular complexity index is 429. The van der Waals surface area contributed by atoms with E-state index in [2.05, 4.69) is 12.1 Å². The summed E-state index contributed by atoms with van der Waals surface area (Å²) in [5, 5.41) is 0. The molecule has 0 saturated heterocycles. The molecule has 17 heavy (non-hydrogen) atoms. The molecule has 0 heterocycles. The molecular formula is C15H21NO. The molecule has 1 saturated carbocycles. The molecule has 0 atom stereocenters. The van der Waals surface area contributed by atoms with Gasteiger partial charge in [0.2, 0.25) is 0 Å². The summed E-state index contributed by atoms with van der Waals surface area (Å²) >= 11 is 0. The predicted molar refractivity (Wildman–Crippen MR) is 69.6 cm³/mol. The molecule has 3 rings (SSSR count).